The molecule has 0 spiro atoms. The Morgan fingerprint density at radius 2 is 2.00 bits per heavy atom. The minimum Gasteiger partial charge on any atom is -0.358 e. The zero-order chi connectivity index (χ0) is 13.8. The molecule has 0 saturated carbocycles. The first-order chi connectivity index (χ1) is 9.06. The third-order valence-corrected chi connectivity index (χ3v) is 2.21. The number of hydrogen-bond donors (Lipinski definition) is 1. The Morgan fingerprint density at radius 1 is 1.21 bits per heavy atom. The third-order valence-electron chi connectivity index (χ3n) is 2.21. The van der Waals surface area contributed by atoms with Crippen LogP contribution >= 0.6 is 0 Å². The van der Waals surface area contributed by atoms with E-state index < -0.39 is 10.8 Å². The van der Waals surface area contributed by atoms with Gasteiger partial charge in [-0.25, -0.2) is 4.98 Å². The Kier molecular flexibility index (Phi) is 3.42. The maximum Gasteiger partial charge on any atom is 0.363 e. The van der Waals surface area contributed by atoms with Gasteiger partial charge < -0.3 is 15.4 Å². The summed E-state index contributed by atoms with van der Waals surface area (Å²) in [5.74, 6) is -0.740. The van der Waals surface area contributed by atoms with Crippen molar-refractivity contribution in [2.45, 2.75) is 6.92 Å². The molecule has 0 aliphatic carbocycles. The Bertz CT molecular complexity index is 609. The van der Waals surface area contributed by atoms with Crippen molar-refractivity contribution in [1.82, 2.24) is 15.0 Å². The predicted octanol–water partition coefficient (Wildman–Crippen LogP) is 1.34. The van der Waals surface area contributed by atoms with Gasteiger partial charge in [-0.3, -0.25) is 9.78 Å². The molecule has 2 rings (SSSR count). The highest BCUT2D eigenvalue weighted by Crippen LogP contribution is 2.12. The van der Waals surface area contributed by atoms with Crippen LogP contribution < -0.4 is 5.32 Å². The molecule has 0 atom stereocenters. The lowest BCUT2D eigenvalue weighted by Gasteiger charge is -2.02. The molecule has 96 valence electrons. The number of anilines is 1. The van der Waals surface area contributed by atoms with Crippen molar-refractivity contribution in [1.29, 1.82) is 0 Å². The van der Waals surface area contributed by atoms with Crippen LogP contribution in [0.15, 0.2) is 30.7 Å². The Labute approximate surface area is 107 Å². The maximum atomic E-state index is 11.8. The number of pyridine rings is 1. The zero-order valence-electron chi connectivity index (χ0n) is 9.90. The lowest BCUT2D eigenvalue weighted by Crippen LogP contribution is -2.14. The number of hydrogen-bond acceptors (Lipinski definition) is 6. The molecule has 0 unspecified atom stereocenters. The van der Waals surface area contributed by atoms with Gasteiger partial charge in [0.15, 0.2) is 6.20 Å². The number of aryl methyl sites for hydroxylation is 1. The second-order valence-corrected chi connectivity index (χ2v) is 3.66. The van der Waals surface area contributed by atoms with Crippen LogP contribution in [0, 0.1) is 17.0 Å². The molecule has 0 aromatic carbocycles. The molecule has 1 amide bonds. The molecular weight excluding hydrogens is 250 g/mol. The van der Waals surface area contributed by atoms with Gasteiger partial charge in [0.25, 0.3) is 5.91 Å². The van der Waals surface area contributed by atoms with Crippen molar-refractivity contribution >= 4 is 17.4 Å². The number of aromatic nitrogens is 3. The predicted molar refractivity (Wildman–Crippen MR) is 65.6 cm³/mol. The summed E-state index contributed by atoms with van der Waals surface area (Å²) in [6.07, 6.45) is 4.03. The summed E-state index contributed by atoms with van der Waals surface area (Å²) in [5.41, 5.74) is 1.20. The highest BCUT2D eigenvalue weighted by Gasteiger charge is 2.11. The number of carbonyl (C=O) groups excluding carboxylic acids is 1. The summed E-state index contributed by atoms with van der Waals surface area (Å²) < 4.78 is 0. The van der Waals surface area contributed by atoms with E-state index in [9.17, 15) is 14.9 Å². The highest BCUT2D eigenvalue weighted by atomic mass is 16.6. The Hall–Kier alpha value is -2.90. The lowest BCUT2D eigenvalue weighted by atomic mass is 10.3. The van der Waals surface area contributed by atoms with Crippen LogP contribution in [0.2, 0.25) is 0 Å². The number of nitrogens with zero attached hydrogens (tertiary/aromatic N) is 4. The summed E-state index contributed by atoms with van der Waals surface area (Å²) in [7, 11) is 0. The van der Waals surface area contributed by atoms with Gasteiger partial charge in [0, 0.05) is 12.3 Å². The average Bonchev–Trinajstić information content (AvgIpc) is 2.40. The zero-order valence-corrected chi connectivity index (χ0v) is 9.90. The standard InChI is InChI=1S/C11H9N5O3/c1-7-4-13-9(6-12-7)11(17)15-8-2-3-10(14-5-8)16(18)19/h2-6H,1H3,(H,15,17). The van der Waals surface area contributed by atoms with Gasteiger partial charge in [0.05, 0.1) is 17.6 Å². The first-order valence-electron chi connectivity index (χ1n) is 5.27. The minimum atomic E-state index is -0.614. The second kappa shape index (κ2) is 5.17. The van der Waals surface area contributed by atoms with Crippen molar-refractivity contribution in [2.75, 3.05) is 5.32 Å². The number of rotatable bonds is 3. The molecule has 0 fully saturated rings. The summed E-state index contributed by atoms with van der Waals surface area (Å²) in [5, 5.41) is 12.9. The van der Waals surface area contributed by atoms with Gasteiger partial charge in [-0.05, 0) is 22.9 Å². The number of nitrogens with one attached hydrogen (secondary N) is 1. The number of nitro groups is 1. The molecule has 0 radical (unpaired) electrons. The quantitative estimate of drug-likeness (QED) is 0.657. The Morgan fingerprint density at radius 3 is 2.53 bits per heavy atom. The largest absolute Gasteiger partial charge is 0.363 e. The smallest absolute Gasteiger partial charge is 0.358 e. The molecular formula is C11H9N5O3. The van der Waals surface area contributed by atoms with E-state index in [1.54, 1.807) is 6.92 Å². The molecule has 0 bridgehead atoms. The molecule has 0 aliphatic heterocycles. The van der Waals surface area contributed by atoms with Gasteiger partial charge in [-0.15, -0.1) is 0 Å². The molecule has 19 heavy (non-hydrogen) atoms. The molecule has 2 aromatic rings. The van der Waals surface area contributed by atoms with E-state index in [0.717, 1.165) is 0 Å². The molecule has 1 N–H and O–H groups in total. The van der Waals surface area contributed by atoms with Gasteiger partial charge in [-0.1, -0.05) is 0 Å². The fourth-order valence-corrected chi connectivity index (χ4v) is 1.27. The summed E-state index contributed by atoms with van der Waals surface area (Å²) in [4.78, 5) is 33.0. The van der Waals surface area contributed by atoms with Crippen LogP contribution in [0.25, 0.3) is 0 Å². The molecule has 0 aliphatic rings. The van der Waals surface area contributed by atoms with Crippen LogP contribution in [0.4, 0.5) is 11.5 Å². The molecule has 2 aromatic heterocycles. The van der Waals surface area contributed by atoms with E-state index in [2.05, 4.69) is 20.3 Å². The highest BCUT2D eigenvalue weighted by molar-refractivity contribution is 6.02. The van der Waals surface area contributed by atoms with Crippen molar-refractivity contribution in [3.05, 3.63) is 52.2 Å². The van der Waals surface area contributed by atoms with Crippen molar-refractivity contribution in [3.63, 3.8) is 0 Å². The number of carbonyl (C=O) groups is 1. The fourth-order valence-electron chi connectivity index (χ4n) is 1.27. The Balaban J connectivity index is 2.10. The van der Waals surface area contributed by atoms with E-state index in [0.29, 0.717) is 11.4 Å². The normalized spacial score (nSPS) is 9.95. The lowest BCUT2D eigenvalue weighted by molar-refractivity contribution is -0.389. The van der Waals surface area contributed by atoms with Gasteiger partial charge in [0.2, 0.25) is 0 Å². The van der Waals surface area contributed by atoms with Crippen LogP contribution in [0.5, 0.6) is 0 Å². The van der Waals surface area contributed by atoms with E-state index in [1.807, 2.05) is 0 Å². The number of amides is 1. The summed E-state index contributed by atoms with van der Waals surface area (Å²) >= 11 is 0. The van der Waals surface area contributed by atoms with Gasteiger partial charge in [-0.2, -0.15) is 0 Å². The molecule has 8 heteroatoms. The third kappa shape index (κ3) is 3.06. The van der Waals surface area contributed by atoms with Crippen LogP contribution in [-0.2, 0) is 0 Å². The monoisotopic (exact) mass is 259 g/mol. The maximum absolute atomic E-state index is 11.8. The van der Waals surface area contributed by atoms with Crippen LogP contribution in [0.1, 0.15) is 16.2 Å². The SMILES string of the molecule is Cc1cnc(C(=O)Nc2ccc([N+](=O)[O-])nc2)cn1. The summed E-state index contributed by atoms with van der Waals surface area (Å²) in [6, 6.07) is 2.60. The van der Waals surface area contributed by atoms with Gasteiger partial charge in [0.1, 0.15) is 5.69 Å². The van der Waals surface area contributed by atoms with E-state index >= 15 is 0 Å². The van der Waals surface area contributed by atoms with Crippen molar-refractivity contribution in [3.8, 4) is 0 Å². The fraction of sp³-hybridized carbons (Fsp3) is 0.0909. The molecule has 0 saturated heterocycles. The van der Waals surface area contributed by atoms with E-state index in [1.165, 1.54) is 30.7 Å². The van der Waals surface area contributed by atoms with Crippen molar-refractivity contribution in [2.24, 2.45) is 0 Å². The van der Waals surface area contributed by atoms with E-state index in [-0.39, 0.29) is 11.5 Å². The average molecular weight is 259 g/mol. The minimum absolute atomic E-state index is 0.156. The first-order valence-corrected chi connectivity index (χ1v) is 5.27. The summed E-state index contributed by atoms with van der Waals surface area (Å²) in [6.45, 7) is 1.76. The molecule has 8 nitrogen and oxygen atoms in total. The first kappa shape index (κ1) is 12.6. The second-order valence-electron chi connectivity index (χ2n) is 3.66. The van der Waals surface area contributed by atoms with Crippen molar-refractivity contribution < 1.29 is 9.72 Å². The topological polar surface area (TPSA) is 111 Å². The van der Waals surface area contributed by atoms with Crippen LogP contribution in [-0.4, -0.2) is 25.8 Å². The van der Waals surface area contributed by atoms with Crippen LogP contribution in [0.3, 0.4) is 0 Å². The van der Waals surface area contributed by atoms with E-state index in [4.69, 9.17) is 0 Å². The molecule has 2 heterocycles. The van der Waals surface area contributed by atoms with Gasteiger partial charge >= 0.3 is 5.82 Å².